The summed E-state index contributed by atoms with van der Waals surface area (Å²) < 4.78 is 7.34. The lowest BCUT2D eigenvalue weighted by atomic mass is 10.2. The molecule has 1 atom stereocenters. The molecule has 3 aromatic rings. The third-order valence-electron chi connectivity index (χ3n) is 4.67. The zero-order valence-corrected chi connectivity index (χ0v) is 18.2. The summed E-state index contributed by atoms with van der Waals surface area (Å²) in [6, 6.07) is 16.1. The summed E-state index contributed by atoms with van der Waals surface area (Å²) in [6.07, 6.45) is 0.945. The van der Waals surface area contributed by atoms with Crippen LogP contribution >= 0.6 is 23.4 Å². The first kappa shape index (κ1) is 20.7. The van der Waals surface area contributed by atoms with E-state index in [1.807, 2.05) is 50.5 Å². The molecular weight excluding hydrogens is 392 g/mol. The molecule has 0 aliphatic heterocycles. The van der Waals surface area contributed by atoms with Crippen LogP contribution in [0.4, 0.5) is 0 Å². The van der Waals surface area contributed by atoms with Gasteiger partial charge < -0.3 is 4.74 Å². The van der Waals surface area contributed by atoms with Crippen LogP contribution in [0.2, 0.25) is 5.02 Å². The molecule has 0 spiro atoms. The fourth-order valence-electron chi connectivity index (χ4n) is 2.76. The number of halogens is 1. The molecular formula is C21H25ClN4OS. The number of methoxy groups -OCH3 is 1. The second kappa shape index (κ2) is 9.45. The molecule has 28 heavy (non-hydrogen) atoms. The third kappa shape index (κ3) is 4.87. The van der Waals surface area contributed by atoms with Crippen molar-refractivity contribution in [2.75, 3.05) is 27.0 Å². The van der Waals surface area contributed by atoms with Gasteiger partial charge in [0.05, 0.1) is 13.2 Å². The quantitative estimate of drug-likeness (QED) is 0.489. The van der Waals surface area contributed by atoms with Gasteiger partial charge in [0.2, 0.25) is 0 Å². The van der Waals surface area contributed by atoms with Crippen LogP contribution in [0.25, 0.3) is 5.69 Å². The maximum Gasteiger partial charge on any atom is 0.195 e. The molecule has 0 aliphatic rings. The fourth-order valence-corrected chi connectivity index (χ4v) is 3.83. The molecule has 1 heterocycles. The Morgan fingerprint density at radius 1 is 1.07 bits per heavy atom. The standard InChI is InChI=1S/C21H25ClN4OS/c1-15(25(2)3)20-23-24-21(26(20)18-9-7-17(22)8-10-18)28-14-13-16-5-11-19(27-4)12-6-16/h5-12,15H,13-14H2,1-4H3/t15-/m0/s1. The van der Waals surface area contributed by atoms with Crippen LogP contribution in [-0.2, 0) is 6.42 Å². The van der Waals surface area contributed by atoms with Crippen molar-refractivity contribution in [1.82, 2.24) is 19.7 Å². The molecule has 0 aliphatic carbocycles. The zero-order chi connectivity index (χ0) is 20.1. The first-order valence-electron chi connectivity index (χ1n) is 9.13. The Kier molecular flexibility index (Phi) is 6.99. The third-order valence-corrected chi connectivity index (χ3v) is 5.86. The van der Waals surface area contributed by atoms with Crippen molar-refractivity contribution >= 4 is 23.4 Å². The predicted molar refractivity (Wildman–Crippen MR) is 116 cm³/mol. The second-order valence-electron chi connectivity index (χ2n) is 6.74. The van der Waals surface area contributed by atoms with E-state index >= 15 is 0 Å². The van der Waals surface area contributed by atoms with Crippen LogP contribution in [0.3, 0.4) is 0 Å². The normalized spacial score (nSPS) is 12.4. The average molecular weight is 417 g/mol. The summed E-state index contributed by atoms with van der Waals surface area (Å²) in [5.41, 5.74) is 2.29. The number of hydrogen-bond acceptors (Lipinski definition) is 5. The minimum Gasteiger partial charge on any atom is -0.497 e. The minimum absolute atomic E-state index is 0.138. The van der Waals surface area contributed by atoms with Crippen molar-refractivity contribution in [3.63, 3.8) is 0 Å². The smallest absolute Gasteiger partial charge is 0.195 e. The molecule has 0 unspecified atom stereocenters. The van der Waals surface area contributed by atoms with Gasteiger partial charge in [0, 0.05) is 16.5 Å². The van der Waals surface area contributed by atoms with E-state index in [9.17, 15) is 0 Å². The van der Waals surface area contributed by atoms with Crippen LogP contribution in [0.15, 0.2) is 53.7 Å². The number of aryl methyl sites for hydroxylation is 1. The predicted octanol–water partition coefficient (Wildman–Crippen LogP) is 4.89. The van der Waals surface area contributed by atoms with Crippen molar-refractivity contribution in [1.29, 1.82) is 0 Å². The van der Waals surface area contributed by atoms with Gasteiger partial charge in [-0.05, 0) is 69.4 Å². The molecule has 148 valence electrons. The fraction of sp³-hybridized carbons (Fsp3) is 0.333. The lowest BCUT2D eigenvalue weighted by Crippen LogP contribution is -2.20. The molecule has 0 N–H and O–H groups in total. The first-order chi connectivity index (χ1) is 13.5. The molecule has 0 fully saturated rings. The van der Waals surface area contributed by atoms with Crippen LogP contribution in [0.5, 0.6) is 5.75 Å². The molecule has 0 radical (unpaired) electrons. The Labute approximate surface area is 175 Å². The summed E-state index contributed by atoms with van der Waals surface area (Å²) in [5.74, 6) is 2.70. The maximum atomic E-state index is 6.08. The van der Waals surface area contributed by atoms with E-state index < -0.39 is 0 Å². The number of aromatic nitrogens is 3. The second-order valence-corrected chi connectivity index (χ2v) is 8.24. The van der Waals surface area contributed by atoms with Gasteiger partial charge in [0.1, 0.15) is 5.75 Å². The lowest BCUT2D eigenvalue weighted by Gasteiger charge is -2.20. The molecule has 2 aromatic carbocycles. The largest absolute Gasteiger partial charge is 0.497 e. The van der Waals surface area contributed by atoms with E-state index in [4.69, 9.17) is 16.3 Å². The van der Waals surface area contributed by atoms with Crippen molar-refractivity contribution < 1.29 is 4.74 Å². The summed E-state index contributed by atoms with van der Waals surface area (Å²) in [4.78, 5) is 2.13. The topological polar surface area (TPSA) is 43.2 Å². The molecule has 1 aromatic heterocycles. The van der Waals surface area contributed by atoms with Crippen LogP contribution in [0, 0.1) is 0 Å². The molecule has 0 saturated carbocycles. The van der Waals surface area contributed by atoms with E-state index in [1.165, 1.54) is 5.56 Å². The van der Waals surface area contributed by atoms with Crippen molar-refractivity contribution in [2.24, 2.45) is 0 Å². The highest BCUT2D eigenvalue weighted by molar-refractivity contribution is 7.99. The Morgan fingerprint density at radius 3 is 2.36 bits per heavy atom. The molecule has 0 bridgehead atoms. The van der Waals surface area contributed by atoms with Crippen LogP contribution < -0.4 is 4.74 Å². The van der Waals surface area contributed by atoms with Gasteiger partial charge in [-0.15, -0.1) is 10.2 Å². The zero-order valence-electron chi connectivity index (χ0n) is 16.6. The Hall–Kier alpha value is -2.02. The highest BCUT2D eigenvalue weighted by Crippen LogP contribution is 2.28. The summed E-state index contributed by atoms with van der Waals surface area (Å²) >= 11 is 7.78. The highest BCUT2D eigenvalue weighted by atomic mass is 35.5. The monoisotopic (exact) mass is 416 g/mol. The number of benzene rings is 2. The van der Waals surface area contributed by atoms with E-state index in [2.05, 4.69) is 38.7 Å². The molecule has 7 heteroatoms. The van der Waals surface area contributed by atoms with Gasteiger partial charge >= 0.3 is 0 Å². The van der Waals surface area contributed by atoms with Crippen molar-refractivity contribution in [3.8, 4) is 11.4 Å². The van der Waals surface area contributed by atoms with E-state index in [0.717, 1.165) is 34.6 Å². The van der Waals surface area contributed by atoms with Gasteiger partial charge in [0.15, 0.2) is 11.0 Å². The summed E-state index contributed by atoms with van der Waals surface area (Å²) in [6.45, 7) is 2.13. The number of nitrogens with zero attached hydrogens (tertiary/aromatic N) is 4. The maximum absolute atomic E-state index is 6.08. The molecule has 3 rings (SSSR count). The van der Waals surface area contributed by atoms with Crippen molar-refractivity contribution in [2.45, 2.75) is 24.5 Å². The summed E-state index contributed by atoms with van der Waals surface area (Å²) in [5, 5.41) is 10.6. The van der Waals surface area contributed by atoms with Gasteiger partial charge in [-0.3, -0.25) is 9.47 Å². The van der Waals surface area contributed by atoms with E-state index in [1.54, 1.807) is 18.9 Å². The van der Waals surface area contributed by atoms with Gasteiger partial charge in [-0.2, -0.15) is 0 Å². The SMILES string of the molecule is COc1ccc(CCSc2nnc([C@H](C)N(C)C)n2-c2ccc(Cl)cc2)cc1. The number of hydrogen-bond donors (Lipinski definition) is 0. The van der Waals surface area contributed by atoms with E-state index in [-0.39, 0.29) is 6.04 Å². The minimum atomic E-state index is 0.138. The Bertz CT molecular complexity index is 894. The number of rotatable bonds is 8. The Morgan fingerprint density at radius 2 is 1.75 bits per heavy atom. The van der Waals surface area contributed by atoms with Crippen LogP contribution in [-0.4, -0.2) is 46.6 Å². The van der Waals surface area contributed by atoms with Gasteiger partial charge in [0.25, 0.3) is 0 Å². The summed E-state index contributed by atoms with van der Waals surface area (Å²) in [7, 11) is 5.77. The molecule has 5 nitrogen and oxygen atoms in total. The number of ether oxygens (including phenoxy) is 1. The van der Waals surface area contributed by atoms with Crippen molar-refractivity contribution in [3.05, 3.63) is 64.9 Å². The van der Waals surface area contributed by atoms with Gasteiger partial charge in [-0.25, -0.2) is 0 Å². The van der Waals surface area contributed by atoms with Gasteiger partial charge in [-0.1, -0.05) is 35.5 Å². The molecule has 0 saturated heterocycles. The number of thioether (sulfide) groups is 1. The lowest BCUT2D eigenvalue weighted by molar-refractivity contribution is 0.305. The average Bonchev–Trinajstić information content (AvgIpc) is 3.12. The Balaban J connectivity index is 1.80. The molecule has 0 amide bonds. The van der Waals surface area contributed by atoms with E-state index in [0.29, 0.717) is 5.02 Å². The first-order valence-corrected chi connectivity index (χ1v) is 10.5. The highest BCUT2D eigenvalue weighted by Gasteiger charge is 2.20. The van der Waals surface area contributed by atoms with Crippen LogP contribution in [0.1, 0.15) is 24.4 Å².